The van der Waals surface area contributed by atoms with Crippen molar-refractivity contribution in [3.8, 4) is 11.5 Å². The van der Waals surface area contributed by atoms with Crippen molar-refractivity contribution >= 4 is 11.6 Å². The molecule has 5 heteroatoms. The Bertz CT molecular complexity index is 568. The Hall–Kier alpha value is -1.52. The Morgan fingerprint density at radius 2 is 2.14 bits per heavy atom. The first kappa shape index (κ1) is 15.9. The number of hydrogen-bond donors (Lipinski definition) is 1. The molecule has 2 aromatic rings. The van der Waals surface area contributed by atoms with E-state index in [0.717, 1.165) is 48.0 Å². The predicted molar refractivity (Wildman–Crippen MR) is 86.0 cm³/mol. The van der Waals surface area contributed by atoms with Gasteiger partial charge in [-0.1, -0.05) is 31.5 Å². The van der Waals surface area contributed by atoms with Gasteiger partial charge in [0.1, 0.15) is 5.75 Å². The molecule has 4 nitrogen and oxygen atoms in total. The molecule has 0 atom stereocenters. The van der Waals surface area contributed by atoms with Gasteiger partial charge in [0.25, 0.3) is 0 Å². The number of rotatable bonds is 8. The molecule has 0 saturated heterocycles. The summed E-state index contributed by atoms with van der Waals surface area (Å²) in [7, 11) is 0. The quantitative estimate of drug-likeness (QED) is 0.741. The lowest BCUT2D eigenvalue weighted by molar-refractivity contribution is 0.471. The SMILES string of the molecule is CCCNCc1c(Cl)cccc1Oc1cnn(CCC)c1. The summed E-state index contributed by atoms with van der Waals surface area (Å²) in [5, 5.41) is 8.35. The molecule has 1 N–H and O–H groups in total. The van der Waals surface area contributed by atoms with Crippen molar-refractivity contribution in [1.82, 2.24) is 15.1 Å². The molecular weight excluding hydrogens is 286 g/mol. The average molecular weight is 308 g/mol. The van der Waals surface area contributed by atoms with Crippen LogP contribution in [-0.2, 0) is 13.1 Å². The Morgan fingerprint density at radius 1 is 1.29 bits per heavy atom. The lowest BCUT2D eigenvalue weighted by Crippen LogP contribution is -2.14. The number of halogens is 1. The minimum Gasteiger partial charge on any atom is -0.454 e. The molecule has 0 amide bonds. The van der Waals surface area contributed by atoms with Gasteiger partial charge in [0.05, 0.1) is 12.4 Å². The molecule has 0 aliphatic heterocycles. The fourth-order valence-electron chi connectivity index (χ4n) is 2.07. The molecule has 0 aliphatic carbocycles. The van der Waals surface area contributed by atoms with Crippen molar-refractivity contribution in [3.05, 3.63) is 41.2 Å². The number of nitrogens with one attached hydrogen (secondary N) is 1. The summed E-state index contributed by atoms with van der Waals surface area (Å²) in [6.07, 6.45) is 5.78. The normalized spacial score (nSPS) is 10.8. The second-order valence-electron chi connectivity index (χ2n) is 4.93. The van der Waals surface area contributed by atoms with Crippen LogP contribution in [0.2, 0.25) is 5.02 Å². The van der Waals surface area contributed by atoms with Gasteiger partial charge in [-0.2, -0.15) is 5.10 Å². The third kappa shape index (κ3) is 4.48. The van der Waals surface area contributed by atoms with E-state index in [9.17, 15) is 0 Å². The molecule has 0 radical (unpaired) electrons. The first-order valence-corrected chi connectivity index (χ1v) is 7.80. The van der Waals surface area contributed by atoms with Gasteiger partial charge in [-0.15, -0.1) is 0 Å². The largest absolute Gasteiger partial charge is 0.454 e. The third-order valence-corrected chi connectivity index (χ3v) is 3.45. The average Bonchev–Trinajstić information content (AvgIpc) is 2.90. The van der Waals surface area contributed by atoms with E-state index in [1.807, 2.05) is 29.1 Å². The summed E-state index contributed by atoms with van der Waals surface area (Å²) in [5.74, 6) is 1.52. The maximum atomic E-state index is 6.29. The third-order valence-electron chi connectivity index (χ3n) is 3.09. The van der Waals surface area contributed by atoms with E-state index in [4.69, 9.17) is 16.3 Å². The molecule has 0 bridgehead atoms. The van der Waals surface area contributed by atoms with Gasteiger partial charge in [-0.25, -0.2) is 0 Å². The Balaban J connectivity index is 2.12. The zero-order chi connectivity index (χ0) is 15.1. The number of nitrogens with zero attached hydrogens (tertiary/aromatic N) is 2. The van der Waals surface area contributed by atoms with Gasteiger partial charge in [-0.3, -0.25) is 4.68 Å². The molecule has 0 unspecified atom stereocenters. The number of aryl methyl sites for hydroxylation is 1. The highest BCUT2D eigenvalue weighted by atomic mass is 35.5. The molecule has 1 aromatic carbocycles. The Morgan fingerprint density at radius 3 is 2.90 bits per heavy atom. The fourth-order valence-corrected chi connectivity index (χ4v) is 2.30. The van der Waals surface area contributed by atoms with Crippen LogP contribution in [0.5, 0.6) is 11.5 Å². The summed E-state index contributed by atoms with van der Waals surface area (Å²) in [5.41, 5.74) is 0.982. The molecule has 114 valence electrons. The molecule has 0 fully saturated rings. The summed E-state index contributed by atoms with van der Waals surface area (Å²) >= 11 is 6.29. The molecule has 21 heavy (non-hydrogen) atoms. The molecule has 1 aromatic heterocycles. The number of hydrogen-bond acceptors (Lipinski definition) is 3. The van der Waals surface area contributed by atoms with Crippen LogP contribution in [0.4, 0.5) is 0 Å². The highest BCUT2D eigenvalue weighted by molar-refractivity contribution is 6.31. The van der Waals surface area contributed by atoms with E-state index in [-0.39, 0.29) is 0 Å². The van der Waals surface area contributed by atoms with Crippen molar-refractivity contribution in [3.63, 3.8) is 0 Å². The minimum absolute atomic E-state index is 0.700. The van der Waals surface area contributed by atoms with Crippen LogP contribution < -0.4 is 10.1 Å². The summed E-state index contributed by atoms with van der Waals surface area (Å²) in [4.78, 5) is 0. The van der Waals surface area contributed by atoms with E-state index in [1.165, 1.54) is 0 Å². The van der Waals surface area contributed by atoms with Crippen LogP contribution in [0.3, 0.4) is 0 Å². The summed E-state index contributed by atoms with van der Waals surface area (Å²) in [6.45, 7) is 6.81. The number of benzene rings is 1. The van der Waals surface area contributed by atoms with Crippen molar-refractivity contribution in [2.45, 2.75) is 39.8 Å². The molecular formula is C16H22ClN3O. The first-order valence-electron chi connectivity index (χ1n) is 7.43. The predicted octanol–water partition coefficient (Wildman–Crippen LogP) is 4.24. The highest BCUT2D eigenvalue weighted by Gasteiger charge is 2.10. The molecule has 0 spiro atoms. The van der Waals surface area contributed by atoms with E-state index < -0.39 is 0 Å². The molecule has 0 saturated carbocycles. The van der Waals surface area contributed by atoms with Crippen LogP contribution >= 0.6 is 11.6 Å². The van der Waals surface area contributed by atoms with Crippen LogP contribution in [0.25, 0.3) is 0 Å². The van der Waals surface area contributed by atoms with Crippen molar-refractivity contribution in [1.29, 1.82) is 0 Å². The Labute approximate surface area is 131 Å². The molecule has 0 aliphatic rings. The second kappa shape index (κ2) is 8.05. The summed E-state index contributed by atoms with van der Waals surface area (Å²) < 4.78 is 7.82. The van der Waals surface area contributed by atoms with E-state index in [1.54, 1.807) is 6.20 Å². The fraction of sp³-hybridized carbons (Fsp3) is 0.438. The van der Waals surface area contributed by atoms with Crippen LogP contribution in [0.15, 0.2) is 30.6 Å². The zero-order valence-corrected chi connectivity index (χ0v) is 13.4. The van der Waals surface area contributed by atoms with Gasteiger partial charge in [0.15, 0.2) is 5.75 Å². The minimum atomic E-state index is 0.700. The number of ether oxygens (including phenoxy) is 1. The Kier molecular flexibility index (Phi) is 6.08. The van der Waals surface area contributed by atoms with Crippen LogP contribution in [0, 0.1) is 0 Å². The standard InChI is InChI=1S/C16H22ClN3O/c1-3-8-18-11-14-15(17)6-5-7-16(14)21-13-10-19-20(12-13)9-4-2/h5-7,10,12,18H,3-4,8-9,11H2,1-2H3. The van der Waals surface area contributed by atoms with Crippen LogP contribution in [-0.4, -0.2) is 16.3 Å². The van der Waals surface area contributed by atoms with Gasteiger partial charge in [-0.05, 0) is 31.5 Å². The molecule has 2 rings (SSSR count). The van der Waals surface area contributed by atoms with Gasteiger partial charge in [0.2, 0.25) is 0 Å². The van der Waals surface area contributed by atoms with Gasteiger partial charge >= 0.3 is 0 Å². The van der Waals surface area contributed by atoms with Gasteiger partial charge in [0, 0.05) is 23.7 Å². The monoisotopic (exact) mass is 307 g/mol. The maximum Gasteiger partial charge on any atom is 0.165 e. The van der Waals surface area contributed by atoms with Crippen LogP contribution in [0.1, 0.15) is 32.3 Å². The van der Waals surface area contributed by atoms with E-state index in [2.05, 4.69) is 24.3 Å². The first-order chi connectivity index (χ1) is 10.2. The van der Waals surface area contributed by atoms with Crippen molar-refractivity contribution < 1.29 is 4.74 Å². The maximum absolute atomic E-state index is 6.29. The summed E-state index contributed by atoms with van der Waals surface area (Å²) in [6, 6.07) is 5.72. The lowest BCUT2D eigenvalue weighted by Gasteiger charge is -2.12. The van der Waals surface area contributed by atoms with Crippen molar-refractivity contribution in [2.24, 2.45) is 0 Å². The van der Waals surface area contributed by atoms with E-state index in [0.29, 0.717) is 6.54 Å². The topological polar surface area (TPSA) is 39.1 Å². The number of aromatic nitrogens is 2. The lowest BCUT2D eigenvalue weighted by atomic mass is 10.2. The molecule has 1 heterocycles. The van der Waals surface area contributed by atoms with Crippen molar-refractivity contribution in [2.75, 3.05) is 6.54 Å². The second-order valence-corrected chi connectivity index (χ2v) is 5.34. The van der Waals surface area contributed by atoms with Gasteiger partial charge < -0.3 is 10.1 Å². The smallest absolute Gasteiger partial charge is 0.165 e. The highest BCUT2D eigenvalue weighted by Crippen LogP contribution is 2.30. The zero-order valence-electron chi connectivity index (χ0n) is 12.6. The van der Waals surface area contributed by atoms with E-state index >= 15 is 0 Å².